The molecule has 47 heavy (non-hydrogen) atoms. The number of guanidine groups is 1. The predicted octanol–water partition coefficient (Wildman–Crippen LogP) is 2.96. The molecule has 1 aromatic heterocycles. The number of nitrogens with one attached hydrogen (secondary N) is 3. The standard InChI is InChI=1S/C29H34F3N9O6/c30-29(31,32)16-47-28-40-26-36-14-17-5-8-19(9-6-17)45-11-3-1-2-4-12-46-22-13-18(37-27(39-26)41-28)7-10-20(22)23(42)38-21(24(43)44)15-35-25(33)34/h5-10,13,21H,1-4,11-12,14-16H2,(H,38,42)(H,43,44)(H4,33,34,35)(H2,36,37,39,40,41). The van der Waals surface area contributed by atoms with E-state index in [4.69, 9.17) is 25.7 Å². The van der Waals surface area contributed by atoms with Crippen molar-refractivity contribution in [3.63, 3.8) is 0 Å². The summed E-state index contributed by atoms with van der Waals surface area (Å²) in [4.78, 5) is 40.7. The average molecular weight is 662 g/mol. The molecule has 0 spiro atoms. The molecule has 18 heteroatoms. The molecule has 1 atom stereocenters. The van der Waals surface area contributed by atoms with Crippen LogP contribution in [0.3, 0.4) is 0 Å². The smallest absolute Gasteiger partial charge is 0.422 e. The molecule has 0 aliphatic carbocycles. The largest absolute Gasteiger partial charge is 0.494 e. The fourth-order valence-corrected chi connectivity index (χ4v) is 4.17. The number of carbonyl (C=O) groups is 2. The molecular weight excluding hydrogens is 627 g/mol. The topological polar surface area (TPSA) is 221 Å². The molecule has 3 aromatic rings. The van der Waals surface area contributed by atoms with Crippen molar-refractivity contribution >= 4 is 35.4 Å². The van der Waals surface area contributed by atoms with Crippen LogP contribution >= 0.6 is 0 Å². The lowest BCUT2D eigenvalue weighted by Crippen LogP contribution is -2.43. The Morgan fingerprint density at radius 3 is 2.38 bits per heavy atom. The molecule has 5 rings (SSSR count). The summed E-state index contributed by atoms with van der Waals surface area (Å²) in [6, 6.07) is 9.56. The van der Waals surface area contributed by atoms with E-state index in [9.17, 15) is 27.9 Å². The first-order valence-electron chi connectivity index (χ1n) is 14.5. The molecular formula is C29H34F3N9O6. The molecule has 0 radical (unpaired) electrons. The molecule has 2 aromatic carbocycles. The summed E-state index contributed by atoms with van der Waals surface area (Å²) in [6.45, 7) is -1.07. The monoisotopic (exact) mass is 661 g/mol. The number of nitrogens with zero attached hydrogens (tertiary/aromatic N) is 4. The van der Waals surface area contributed by atoms with Gasteiger partial charge in [0.05, 0.1) is 25.3 Å². The van der Waals surface area contributed by atoms with Gasteiger partial charge in [-0.15, -0.1) is 0 Å². The van der Waals surface area contributed by atoms with Gasteiger partial charge < -0.3 is 46.7 Å². The molecule has 0 saturated carbocycles. The van der Waals surface area contributed by atoms with Gasteiger partial charge in [-0.1, -0.05) is 12.1 Å². The van der Waals surface area contributed by atoms with Gasteiger partial charge in [0.1, 0.15) is 17.5 Å². The molecule has 6 bridgehead atoms. The Morgan fingerprint density at radius 1 is 1.00 bits per heavy atom. The number of rotatable bonds is 7. The Labute approximate surface area is 266 Å². The van der Waals surface area contributed by atoms with Crippen LogP contribution in [0.1, 0.15) is 41.6 Å². The fourth-order valence-electron chi connectivity index (χ4n) is 4.17. The number of hydrogen-bond acceptors (Lipinski definition) is 11. The second-order valence-electron chi connectivity index (χ2n) is 10.2. The second-order valence-corrected chi connectivity index (χ2v) is 10.2. The van der Waals surface area contributed by atoms with Crippen LogP contribution in [0.25, 0.3) is 0 Å². The van der Waals surface area contributed by atoms with Crippen molar-refractivity contribution in [1.29, 1.82) is 0 Å². The molecule has 3 heterocycles. The highest BCUT2D eigenvalue weighted by atomic mass is 19.4. The van der Waals surface area contributed by atoms with E-state index in [0.29, 0.717) is 24.5 Å². The van der Waals surface area contributed by atoms with Crippen LogP contribution in [0, 0.1) is 0 Å². The number of carbonyl (C=O) groups excluding carboxylic acids is 1. The number of aliphatic carboxylic acids is 1. The van der Waals surface area contributed by atoms with E-state index < -0.39 is 43.3 Å². The summed E-state index contributed by atoms with van der Waals surface area (Å²) < 4.78 is 55.2. The lowest BCUT2D eigenvalue weighted by atomic mass is 10.1. The molecule has 0 fully saturated rings. The van der Waals surface area contributed by atoms with E-state index in [1.807, 2.05) is 24.3 Å². The first kappa shape index (κ1) is 34.3. The Morgan fingerprint density at radius 2 is 1.70 bits per heavy atom. The third-order valence-corrected chi connectivity index (χ3v) is 6.46. The van der Waals surface area contributed by atoms with E-state index in [-0.39, 0.29) is 42.3 Å². The fraction of sp³-hybridized carbons (Fsp3) is 0.379. The SMILES string of the molecule is NC(N)=NCC(NC(=O)c1ccc2cc1OCCCCCCOc1ccc(cc1)CNc1nc(nc(OCC(F)(F)F)n1)N2)C(=O)O. The predicted molar refractivity (Wildman–Crippen MR) is 164 cm³/mol. The van der Waals surface area contributed by atoms with Crippen LogP contribution in [0.4, 0.5) is 30.8 Å². The molecule has 15 nitrogen and oxygen atoms in total. The van der Waals surface area contributed by atoms with Crippen molar-refractivity contribution in [1.82, 2.24) is 20.3 Å². The molecule has 2 aliphatic heterocycles. The number of aromatic nitrogens is 3. The first-order valence-corrected chi connectivity index (χ1v) is 14.5. The van der Waals surface area contributed by atoms with Gasteiger partial charge in [-0.2, -0.15) is 28.1 Å². The van der Waals surface area contributed by atoms with Crippen LogP contribution in [-0.2, 0) is 11.3 Å². The van der Waals surface area contributed by atoms with Crippen LogP contribution in [-0.4, -0.2) is 76.5 Å². The number of anilines is 3. The van der Waals surface area contributed by atoms with Crippen LogP contribution in [0.5, 0.6) is 17.5 Å². The van der Waals surface area contributed by atoms with Crippen LogP contribution in [0.2, 0.25) is 0 Å². The minimum absolute atomic E-state index is 0.00928. The minimum Gasteiger partial charge on any atom is -0.494 e. The third kappa shape index (κ3) is 11.4. The van der Waals surface area contributed by atoms with Gasteiger partial charge in [-0.05, 0) is 55.5 Å². The van der Waals surface area contributed by atoms with Crippen LogP contribution < -0.4 is 41.6 Å². The van der Waals surface area contributed by atoms with Crippen LogP contribution in [0.15, 0.2) is 47.5 Å². The molecule has 8 N–H and O–H groups in total. The van der Waals surface area contributed by atoms with E-state index in [2.05, 4.69) is 35.9 Å². The average Bonchev–Trinajstić information content (AvgIpc) is 3.02. The first-order chi connectivity index (χ1) is 22.4. The second kappa shape index (κ2) is 16.1. The number of aliphatic imine (C=N–C) groups is 1. The lowest BCUT2D eigenvalue weighted by Gasteiger charge is -2.17. The summed E-state index contributed by atoms with van der Waals surface area (Å²) in [5.74, 6) is -1.93. The van der Waals surface area contributed by atoms with E-state index in [0.717, 1.165) is 24.8 Å². The van der Waals surface area contributed by atoms with Gasteiger partial charge in [-0.25, -0.2) is 4.79 Å². The van der Waals surface area contributed by atoms with Crippen molar-refractivity contribution in [3.05, 3.63) is 53.6 Å². The Bertz CT molecular complexity index is 1550. The minimum atomic E-state index is -4.63. The van der Waals surface area contributed by atoms with Gasteiger partial charge in [0.15, 0.2) is 12.6 Å². The molecule has 0 saturated heterocycles. The zero-order valence-electron chi connectivity index (χ0n) is 25.0. The molecule has 2 aliphatic rings. The Balaban J connectivity index is 1.64. The van der Waals surface area contributed by atoms with Gasteiger partial charge in [-0.3, -0.25) is 9.79 Å². The highest BCUT2D eigenvalue weighted by Crippen LogP contribution is 2.27. The zero-order valence-corrected chi connectivity index (χ0v) is 25.0. The normalized spacial score (nSPS) is 14.4. The number of carboxylic acids is 1. The highest BCUT2D eigenvalue weighted by molar-refractivity contribution is 5.99. The maximum Gasteiger partial charge on any atom is 0.422 e. The number of halogens is 3. The molecule has 1 unspecified atom stereocenters. The maximum absolute atomic E-state index is 13.2. The van der Waals surface area contributed by atoms with E-state index in [1.165, 1.54) is 18.2 Å². The lowest BCUT2D eigenvalue weighted by molar-refractivity contribution is -0.154. The van der Waals surface area contributed by atoms with E-state index in [1.54, 1.807) is 0 Å². The quantitative estimate of drug-likeness (QED) is 0.159. The van der Waals surface area contributed by atoms with Crippen molar-refractivity contribution < 1.29 is 42.1 Å². The van der Waals surface area contributed by atoms with Crippen molar-refractivity contribution in [2.75, 3.05) is 37.0 Å². The van der Waals surface area contributed by atoms with Gasteiger partial charge in [0, 0.05) is 18.3 Å². The molecule has 252 valence electrons. The Kier molecular flexibility index (Phi) is 11.8. The summed E-state index contributed by atoms with van der Waals surface area (Å²) in [6.07, 6.45) is -1.52. The van der Waals surface area contributed by atoms with E-state index >= 15 is 0 Å². The van der Waals surface area contributed by atoms with Crippen molar-refractivity contribution in [3.8, 4) is 17.5 Å². The number of hydrogen-bond donors (Lipinski definition) is 6. The summed E-state index contributed by atoms with van der Waals surface area (Å²) in [5.41, 5.74) is 11.7. The van der Waals surface area contributed by atoms with Gasteiger partial charge in [0.2, 0.25) is 11.9 Å². The highest BCUT2D eigenvalue weighted by Gasteiger charge is 2.29. The maximum atomic E-state index is 13.2. The number of nitrogens with two attached hydrogens (primary N) is 2. The summed E-state index contributed by atoms with van der Waals surface area (Å²) >= 11 is 0. The van der Waals surface area contributed by atoms with Gasteiger partial charge >= 0.3 is 18.2 Å². The van der Waals surface area contributed by atoms with Crippen molar-refractivity contribution in [2.24, 2.45) is 16.5 Å². The third-order valence-electron chi connectivity index (χ3n) is 6.46. The number of ether oxygens (including phenoxy) is 3. The number of fused-ring (bicyclic) bond motifs is 10. The number of benzene rings is 2. The zero-order chi connectivity index (χ0) is 33.8. The number of amides is 1. The summed E-state index contributed by atoms with van der Waals surface area (Å²) in [5, 5.41) is 17.7. The van der Waals surface area contributed by atoms with Gasteiger partial charge in [0.25, 0.3) is 5.91 Å². The Hall–Kier alpha value is -5.55. The molecule has 1 amide bonds. The number of carboxylic acid groups (broad SMARTS) is 1. The summed E-state index contributed by atoms with van der Waals surface area (Å²) in [7, 11) is 0. The van der Waals surface area contributed by atoms with Crippen molar-refractivity contribution in [2.45, 2.75) is 44.4 Å². The number of alkyl halides is 3.